The molecule has 0 aromatic heterocycles. The molecule has 6 heteroatoms. The molecular formula is C14H18FIN2O2. The van der Waals surface area contributed by atoms with Gasteiger partial charge >= 0.3 is 0 Å². The molecule has 1 aromatic rings. The van der Waals surface area contributed by atoms with Gasteiger partial charge in [0.2, 0.25) is 0 Å². The fourth-order valence-electron chi connectivity index (χ4n) is 2.88. The first-order chi connectivity index (χ1) is 9.09. The van der Waals surface area contributed by atoms with Gasteiger partial charge in [-0.05, 0) is 39.3 Å². The Kier molecular flexibility index (Phi) is 3.73. The highest BCUT2D eigenvalue weighted by molar-refractivity contribution is 14.1. The van der Waals surface area contributed by atoms with Gasteiger partial charge in [-0.15, -0.1) is 0 Å². The fraction of sp³-hybridized carbons (Fsp3) is 0.571. The normalized spacial score (nSPS) is 19.7. The van der Waals surface area contributed by atoms with Crippen LogP contribution >= 0.6 is 22.6 Å². The van der Waals surface area contributed by atoms with Crippen LogP contribution in [0.5, 0.6) is 0 Å². The lowest BCUT2D eigenvalue weighted by molar-refractivity contribution is -0.384. The molecule has 0 atom stereocenters. The van der Waals surface area contributed by atoms with Crippen LogP contribution in [0.2, 0.25) is 0 Å². The molecule has 1 fully saturated rings. The number of hydrogen-bond donors (Lipinski definition) is 1. The zero-order chi connectivity index (χ0) is 15.3. The second-order valence-electron chi connectivity index (χ2n) is 6.42. The van der Waals surface area contributed by atoms with E-state index in [9.17, 15) is 14.5 Å². The van der Waals surface area contributed by atoms with Crippen molar-refractivity contribution in [2.45, 2.75) is 27.7 Å². The van der Waals surface area contributed by atoms with E-state index in [0.29, 0.717) is 12.5 Å². The Morgan fingerprint density at radius 3 is 2.35 bits per heavy atom. The minimum atomic E-state index is -0.479. The maximum absolute atomic E-state index is 13.6. The van der Waals surface area contributed by atoms with Gasteiger partial charge in [0.25, 0.3) is 5.69 Å². The summed E-state index contributed by atoms with van der Waals surface area (Å²) in [6.45, 7) is 9.34. The van der Waals surface area contributed by atoms with Crippen LogP contribution in [0.3, 0.4) is 0 Å². The van der Waals surface area contributed by atoms with Crippen LogP contribution in [0.15, 0.2) is 12.1 Å². The maximum atomic E-state index is 13.6. The number of rotatable bonds is 4. The average molecular weight is 392 g/mol. The van der Waals surface area contributed by atoms with Crippen LogP contribution in [0.1, 0.15) is 27.7 Å². The molecular weight excluding hydrogens is 374 g/mol. The van der Waals surface area contributed by atoms with Crippen LogP contribution in [0, 0.1) is 36.2 Å². The minimum absolute atomic E-state index is 0.0768. The first-order valence-electron chi connectivity index (χ1n) is 6.46. The van der Waals surface area contributed by atoms with E-state index in [2.05, 4.69) is 33.0 Å². The van der Waals surface area contributed by atoms with Crippen LogP contribution in [-0.2, 0) is 0 Å². The van der Waals surface area contributed by atoms with Gasteiger partial charge in [-0.25, -0.2) is 4.39 Å². The lowest BCUT2D eigenvalue weighted by Crippen LogP contribution is -2.10. The van der Waals surface area contributed by atoms with Gasteiger partial charge in [0.1, 0.15) is 11.5 Å². The predicted octanol–water partition coefficient (Wildman–Crippen LogP) is 4.43. The van der Waals surface area contributed by atoms with Gasteiger partial charge in [-0.2, -0.15) is 0 Å². The molecule has 0 bridgehead atoms. The van der Waals surface area contributed by atoms with E-state index in [1.54, 1.807) is 22.6 Å². The molecule has 0 saturated heterocycles. The second kappa shape index (κ2) is 4.82. The predicted molar refractivity (Wildman–Crippen MR) is 85.3 cm³/mol. The van der Waals surface area contributed by atoms with Crippen molar-refractivity contribution >= 4 is 34.0 Å². The average Bonchev–Trinajstić information content (AvgIpc) is 2.70. The van der Waals surface area contributed by atoms with Crippen LogP contribution < -0.4 is 5.32 Å². The maximum Gasteiger partial charge on any atom is 0.293 e. The van der Waals surface area contributed by atoms with Crippen molar-refractivity contribution in [1.29, 1.82) is 0 Å². The van der Waals surface area contributed by atoms with Crippen molar-refractivity contribution in [3.05, 3.63) is 31.6 Å². The van der Waals surface area contributed by atoms with Crippen molar-refractivity contribution in [2.75, 3.05) is 11.9 Å². The van der Waals surface area contributed by atoms with Gasteiger partial charge in [0, 0.05) is 18.7 Å². The molecule has 4 nitrogen and oxygen atoms in total. The van der Waals surface area contributed by atoms with Gasteiger partial charge in [-0.1, -0.05) is 27.7 Å². The van der Waals surface area contributed by atoms with E-state index in [0.717, 1.165) is 0 Å². The van der Waals surface area contributed by atoms with Gasteiger partial charge in [0.05, 0.1) is 8.49 Å². The third-order valence-corrected chi connectivity index (χ3v) is 5.88. The molecule has 110 valence electrons. The van der Waals surface area contributed by atoms with E-state index in [1.165, 1.54) is 12.1 Å². The third kappa shape index (κ3) is 2.38. The van der Waals surface area contributed by atoms with Gasteiger partial charge < -0.3 is 5.32 Å². The van der Waals surface area contributed by atoms with E-state index in [4.69, 9.17) is 0 Å². The lowest BCUT2D eigenvalue weighted by Gasteiger charge is -2.09. The molecule has 1 aromatic carbocycles. The van der Waals surface area contributed by atoms with E-state index in [-0.39, 0.29) is 25.8 Å². The lowest BCUT2D eigenvalue weighted by atomic mass is 10.0. The highest BCUT2D eigenvalue weighted by Crippen LogP contribution is 2.68. The van der Waals surface area contributed by atoms with E-state index >= 15 is 0 Å². The number of benzene rings is 1. The van der Waals surface area contributed by atoms with Crippen LogP contribution in [-0.4, -0.2) is 11.5 Å². The molecule has 1 N–H and O–H groups in total. The quantitative estimate of drug-likeness (QED) is 0.469. The zero-order valence-electron chi connectivity index (χ0n) is 12.0. The number of nitro groups is 1. The Balaban J connectivity index is 2.19. The summed E-state index contributed by atoms with van der Waals surface area (Å²) in [4.78, 5) is 10.6. The van der Waals surface area contributed by atoms with Crippen LogP contribution in [0.25, 0.3) is 0 Å². The molecule has 0 amide bonds. The highest BCUT2D eigenvalue weighted by atomic mass is 127. The zero-order valence-corrected chi connectivity index (χ0v) is 14.1. The number of halogens is 2. The Morgan fingerprint density at radius 1 is 1.35 bits per heavy atom. The molecule has 0 heterocycles. The first kappa shape index (κ1) is 15.5. The number of nitrogens with one attached hydrogen (secondary N) is 1. The third-order valence-electron chi connectivity index (χ3n) is 5.05. The number of nitro benzene ring substituents is 1. The highest BCUT2D eigenvalue weighted by Gasteiger charge is 2.64. The molecule has 0 radical (unpaired) electrons. The number of hydrogen-bond acceptors (Lipinski definition) is 3. The molecule has 0 unspecified atom stereocenters. The standard InChI is InChI=1S/C14H18FIN2O2/c1-13(2)12(14(13,3)4)7-17-10-5-8(15)9(16)6-11(10)18(19)20/h5-6,12,17H,7H2,1-4H3. The molecule has 0 spiro atoms. The minimum Gasteiger partial charge on any atom is -0.379 e. The summed E-state index contributed by atoms with van der Waals surface area (Å²) in [6, 6.07) is 2.48. The Morgan fingerprint density at radius 2 is 1.90 bits per heavy atom. The SMILES string of the molecule is CC1(C)C(CNc2cc(F)c(I)cc2[N+](=O)[O-])C1(C)C. The smallest absolute Gasteiger partial charge is 0.293 e. The first-order valence-corrected chi connectivity index (χ1v) is 7.54. The summed E-state index contributed by atoms with van der Waals surface area (Å²) in [7, 11) is 0. The summed E-state index contributed by atoms with van der Waals surface area (Å²) < 4.78 is 13.9. The van der Waals surface area contributed by atoms with Crippen molar-refractivity contribution in [3.63, 3.8) is 0 Å². The second-order valence-corrected chi connectivity index (χ2v) is 7.58. The largest absolute Gasteiger partial charge is 0.379 e. The van der Waals surface area contributed by atoms with Crippen molar-refractivity contribution in [2.24, 2.45) is 16.7 Å². The van der Waals surface area contributed by atoms with Crippen molar-refractivity contribution in [3.8, 4) is 0 Å². The molecule has 0 aliphatic heterocycles. The van der Waals surface area contributed by atoms with E-state index < -0.39 is 10.7 Å². The molecule has 1 aliphatic rings. The van der Waals surface area contributed by atoms with E-state index in [1.807, 2.05) is 0 Å². The topological polar surface area (TPSA) is 55.2 Å². The van der Waals surface area contributed by atoms with Crippen molar-refractivity contribution < 1.29 is 9.31 Å². The fourth-order valence-corrected chi connectivity index (χ4v) is 3.34. The molecule has 1 aliphatic carbocycles. The van der Waals surface area contributed by atoms with Gasteiger partial charge in [-0.3, -0.25) is 10.1 Å². The number of anilines is 1. The Hall–Kier alpha value is -0.920. The summed E-state index contributed by atoms with van der Waals surface area (Å²) in [5.41, 5.74) is 0.561. The summed E-state index contributed by atoms with van der Waals surface area (Å²) in [5.74, 6) is -0.0232. The van der Waals surface area contributed by atoms with Crippen LogP contribution in [0.4, 0.5) is 15.8 Å². The summed E-state index contributed by atoms with van der Waals surface area (Å²) >= 11 is 1.76. The monoisotopic (exact) mass is 392 g/mol. The number of nitrogens with zero attached hydrogens (tertiary/aromatic N) is 1. The summed E-state index contributed by atoms with van der Waals surface area (Å²) in [5, 5.41) is 14.1. The molecule has 1 saturated carbocycles. The Labute approximate surface area is 131 Å². The molecule has 2 rings (SSSR count). The summed E-state index contributed by atoms with van der Waals surface area (Å²) in [6.07, 6.45) is 0. The van der Waals surface area contributed by atoms with Crippen molar-refractivity contribution in [1.82, 2.24) is 0 Å². The Bertz CT molecular complexity index is 559. The van der Waals surface area contributed by atoms with Gasteiger partial charge in [0.15, 0.2) is 0 Å². The molecule has 20 heavy (non-hydrogen) atoms.